The Bertz CT molecular complexity index is 960. The highest BCUT2D eigenvalue weighted by atomic mass is 28.3. The smallest absolute Gasteiger partial charge is 0.410 e. The van der Waals surface area contributed by atoms with Crippen molar-refractivity contribution >= 4 is 20.1 Å². The average Bonchev–Trinajstić information content (AvgIpc) is 3.47. The maximum absolute atomic E-state index is 14.0. The van der Waals surface area contributed by atoms with Crippen LogP contribution in [-0.4, -0.2) is 83.9 Å². The Morgan fingerprint density at radius 1 is 1.14 bits per heavy atom. The Labute approximate surface area is 210 Å². The fourth-order valence-corrected chi connectivity index (χ4v) is 5.67. The minimum Gasteiger partial charge on any atom is -0.444 e. The van der Waals surface area contributed by atoms with Gasteiger partial charge in [-0.2, -0.15) is 0 Å². The molecule has 0 aromatic carbocycles. The number of nitrogens with zero attached hydrogens (tertiary/aromatic N) is 4. The zero-order valence-corrected chi connectivity index (χ0v) is 23.5. The number of aromatic nitrogens is 2. The maximum Gasteiger partial charge on any atom is 0.410 e. The molecular weight excluding hydrogens is 464 g/mol. The van der Waals surface area contributed by atoms with Crippen molar-refractivity contribution in [3.05, 3.63) is 17.0 Å². The van der Waals surface area contributed by atoms with Gasteiger partial charge in [0.2, 0.25) is 0 Å². The molecule has 1 aliphatic carbocycles. The Morgan fingerprint density at radius 2 is 1.86 bits per heavy atom. The summed E-state index contributed by atoms with van der Waals surface area (Å²) in [5, 5.41) is 4.73. The molecular formula is C25H42N4O5Si. The number of hydrogen-bond acceptors (Lipinski definition) is 6. The average molecular weight is 507 g/mol. The lowest BCUT2D eigenvalue weighted by Gasteiger charge is -2.35. The van der Waals surface area contributed by atoms with E-state index in [0.29, 0.717) is 45.0 Å². The summed E-state index contributed by atoms with van der Waals surface area (Å²) in [6.45, 7) is 17.3. The van der Waals surface area contributed by atoms with Gasteiger partial charge in [0.25, 0.3) is 5.91 Å². The van der Waals surface area contributed by atoms with Crippen LogP contribution in [0.3, 0.4) is 0 Å². The first-order chi connectivity index (χ1) is 16.3. The summed E-state index contributed by atoms with van der Waals surface area (Å²) in [4.78, 5) is 38.4. The van der Waals surface area contributed by atoms with Crippen LogP contribution in [0, 0.1) is 0 Å². The van der Waals surface area contributed by atoms with Gasteiger partial charge < -0.3 is 24.1 Å². The first-order valence-electron chi connectivity index (χ1n) is 13.0. The number of carbonyl (C=O) groups is 2. The van der Waals surface area contributed by atoms with E-state index in [0.717, 1.165) is 36.6 Å². The molecule has 4 rings (SSSR count). The molecule has 3 aliphatic rings. The van der Waals surface area contributed by atoms with Gasteiger partial charge in [0, 0.05) is 45.3 Å². The Morgan fingerprint density at radius 3 is 2.49 bits per heavy atom. The largest absolute Gasteiger partial charge is 0.444 e. The first-order valence-corrected chi connectivity index (χ1v) is 16.7. The molecule has 196 valence electrons. The fraction of sp³-hybridized carbons (Fsp3) is 0.800. The third-order valence-corrected chi connectivity index (χ3v) is 8.88. The summed E-state index contributed by atoms with van der Waals surface area (Å²) in [5.41, 5.74) is 1.34. The van der Waals surface area contributed by atoms with Crippen molar-refractivity contribution in [2.45, 2.75) is 96.2 Å². The van der Waals surface area contributed by atoms with E-state index in [1.54, 1.807) is 9.75 Å². The van der Waals surface area contributed by atoms with Crippen LogP contribution in [0.2, 0.25) is 25.7 Å². The maximum atomic E-state index is 14.0. The van der Waals surface area contributed by atoms with Gasteiger partial charge in [-0.05, 0) is 53.0 Å². The number of fused-ring (bicyclic) bond motifs is 1. The highest BCUT2D eigenvalue weighted by Gasteiger charge is 2.52. The van der Waals surface area contributed by atoms with Crippen LogP contribution in [0.4, 0.5) is 4.79 Å². The van der Waals surface area contributed by atoms with E-state index in [-0.39, 0.29) is 23.6 Å². The van der Waals surface area contributed by atoms with E-state index in [9.17, 15) is 9.59 Å². The van der Waals surface area contributed by atoms with E-state index >= 15 is 0 Å². The van der Waals surface area contributed by atoms with Crippen LogP contribution in [0.15, 0.2) is 0 Å². The highest BCUT2D eigenvalue weighted by molar-refractivity contribution is 6.76. The Kier molecular flexibility index (Phi) is 7.00. The van der Waals surface area contributed by atoms with E-state index < -0.39 is 13.7 Å². The third kappa shape index (κ3) is 5.68. The van der Waals surface area contributed by atoms with E-state index in [4.69, 9.17) is 19.4 Å². The molecule has 35 heavy (non-hydrogen) atoms. The van der Waals surface area contributed by atoms with Gasteiger partial charge in [-0.1, -0.05) is 19.6 Å². The lowest BCUT2D eigenvalue weighted by atomic mass is 9.96. The van der Waals surface area contributed by atoms with Crippen molar-refractivity contribution in [1.82, 2.24) is 19.7 Å². The van der Waals surface area contributed by atoms with Crippen LogP contribution in [-0.2, 0) is 15.9 Å². The van der Waals surface area contributed by atoms with E-state index in [2.05, 4.69) is 19.6 Å². The normalized spacial score (nSPS) is 22.0. The molecule has 0 radical (unpaired) electrons. The predicted octanol–water partition coefficient (Wildman–Crippen LogP) is 3.90. The monoisotopic (exact) mass is 506 g/mol. The molecule has 0 N–H and O–H groups in total. The minimum atomic E-state index is -1.29. The van der Waals surface area contributed by atoms with Crippen LogP contribution in [0.1, 0.15) is 74.7 Å². The van der Waals surface area contributed by atoms with Crippen molar-refractivity contribution in [3.63, 3.8) is 0 Å². The van der Waals surface area contributed by atoms with Crippen LogP contribution < -0.4 is 4.84 Å². The van der Waals surface area contributed by atoms with Gasteiger partial charge in [0.1, 0.15) is 12.2 Å². The number of carbonyl (C=O) groups excluding carboxylic acids is 2. The lowest BCUT2D eigenvalue weighted by molar-refractivity contribution is 0.0142. The van der Waals surface area contributed by atoms with Gasteiger partial charge in [0.15, 0.2) is 5.69 Å². The van der Waals surface area contributed by atoms with Gasteiger partial charge in [0.05, 0.1) is 18.3 Å². The standard InChI is InChI=1S/C25H42N4O5Si/c1-18-20-19(8-12-27(18)23(31)34-24(2,3)4)29(33-16-17-35(5,6)7)26-21(20)22(30)28-13-15-32-14-11-25(28)9-10-25/h18H,8-17H2,1-7H3. The fourth-order valence-electron chi connectivity index (χ4n) is 4.96. The second kappa shape index (κ2) is 9.42. The summed E-state index contributed by atoms with van der Waals surface area (Å²) < 4.78 is 11.4. The molecule has 1 spiro atoms. The summed E-state index contributed by atoms with van der Waals surface area (Å²) >= 11 is 0. The zero-order chi connectivity index (χ0) is 25.6. The van der Waals surface area contributed by atoms with E-state index in [1.807, 2.05) is 32.6 Å². The summed E-state index contributed by atoms with van der Waals surface area (Å²) in [7, 11) is -1.29. The van der Waals surface area contributed by atoms with Crippen LogP contribution in [0.5, 0.6) is 0 Å². The topological polar surface area (TPSA) is 86.1 Å². The summed E-state index contributed by atoms with van der Waals surface area (Å²) in [6.07, 6.45) is 3.03. The number of amides is 2. The van der Waals surface area contributed by atoms with Gasteiger partial charge >= 0.3 is 6.09 Å². The van der Waals surface area contributed by atoms with Gasteiger partial charge in [-0.25, -0.2) is 4.79 Å². The zero-order valence-electron chi connectivity index (χ0n) is 22.5. The van der Waals surface area contributed by atoms with Crippen molar-refractivity contribution < 1.29 is 23.9 Å². The highest BCUT2D eigenvalue weighted by Crippen LogP contribution is 2.46. The second-order valence-electron chi connectivity index (χ2n) is 12.4. The molecule has 10 heteroatoms. The number of rotatable bonds is 5. The molecule has 2 amide bonds. The van der Waals surface area contributed by atoms with Gasteiger partial charge in [-0.15, -0.1) is 9.94 Å². The molecule has 1 unspecified atom stereocenters. The summed E-state index contributed by atoms with van der Waals surface area (Å²) in [6, 6.07) is 0.650. The molecule has 2 aliphatic heterocycles. The van der Waals surface area contributed by atoms with Crippen molar-refractivity contribution in [2.75, 3.05) is 32.9 Å². The molecule has 0 bridgehead atoms. The number of ether oxygens (including phenoxy) is 2. The Balaban J connectivity index is 1.66. The summed E-state index contributed by atoms with van der Waals surface area (Å²) in [5.74, 6) is -0.0883. The minimum absolute atomic E-state index is 0.0883. The predicted molar refractivity (Wildman–Crippen MR) is 135 cm³/mol. The molecule has 9 nitrogen and oxygen atoms in total. The molecule has 1 saturated heterocycles. The molecule has 1 saturated carbocycles. The quantitative estimate of drug-likeness (QED) is 0.563. The molecule has 1 aromatic heterocycles. The number of hydrogen-bond donors (Lipinski definition) is 0. The SMILES string of the molecule is CC1c2c(C(=O)N3CCOCCC34CC4)nn(OCC[Si](C)(C)C)c2CCN1C(=O)OC(C)(C)C. The van der Waals surface area contributed by atoms with Crippen molar-refractivity contribution in [3.8, 4) is 0 Å². The Hall–Kier alpha value is -2.07. The van der Waals surface area contributed by atoms with Crippen molar-refractivity contribution in [2.24, 2.45) is 0 Å². The third-order valence-electron chi connectivity index (χ3n) is 7.17. The first kappa shape index (κ1) is 26.0. The van der Waals surface area contributed by atoms with Crippen LogP contribution in [0.25, 0.3) is 0 Å². The molecule has 2 fully saturated rings. The molecule has 3 heterocycles. The second-order valence-corrected chi connectivity index (χ2v) is 18.0. The molecule has 1 aromatic rings. The van der Waals surface area contributed by atoms with Crippen molar-refractivity contribution in [1.29, 1.82) is 0 Å². The van der Waals surface area contributed by atoms with E-state index in [1.165, 1.54) is 0 Å². The lowest BCUT2D eigenvalue weighted by Crippen LogP contribution is -2.45. The molecule has 1 atom stereocenters. The van der Waals surface area contributed by atoms with Gasteiger partial charge in [-0.3, -0.25) is 4.79 Å². The van der Waals surface area contributed by atoms with Crippen LogP contribution >= 0.6 is 0 Å².